The van der Waals surface area contributed by atoms with E-state index in [4.69, 9.17) is 32.5 Å². The monoisotopic (exact) mass is 483 g/mol. The molecule has 0 aliphatic rings. The molecule has 34 heavy (non-hydrogen) atoms. The molecule has 0 fully saturated rings. The van der Waals surface area contributed by atoms with Gasteiger partial charge in [-0.1, -0.05) is 35.4 Å². The van der Waals surface area contributed by atoms with E-state index in [-0.39, 0.29) is 51.1 Å². The van der Waals surface area contributed by atoms with E-state index in [1.807, 2.05) is 0 Å². The van der Waals surface area contributed by atoms with Gasteiger partial charge in [-0.05, 0) is 36.4 Å². The first kappa shape index (κ1) is 29.4. The van der Waals surface area contributed by atoms with Crippen molar-refractivity contribution in [3.8, 4) is 17.2 Å². The average molecular weight is 483 g/mol. The quantitative estimate of drug-likeness (QED) is 0.208. The Morgan fingerprint density at radius 1 is 0.529 bits per heavy atom. The van der Waals surface area contributed by atoms with Crippen LogP contribution in [-0.2, 0) is 0 Å². The molecule has 0 amide bonds. The van der Waals surface area contributed by atoms with Crippen LogP contribution in [-0.4, -0.2) is 50.6 Å². The molecule has 174 valence electrons. The molecule has 3 aromatic rings. The number of carbonyl (C=O) groups is 3. The van der Waals surface area contributed by atoms with E-state index in [0.29, 0.717) is 0 Å². The van der Waals surface area contributed by atoms with E-state index >= 15 is 0 Å². The molecule has 13 heteroatoms. The van der Waals surface area contributed by atoms with Gasteiger partial charge >= 0.3 is 35.3 Å². The number of nitrogens with two attached hydrogens (primary N) is 3. The Kier molecular flexibility index (Phi) is 11.3. The molecule has 0 aromatic heterocycles. The Bertz CT molecular complexity index is 1040. The fraction of sp³-hybridized carbons (Fsp3) is 0. The Morgan fingerprint density at radius 2 is 0.735 bits per heavy atom. The van der Waals surface area contributed by atoms with Crippen molar-refractivity contribution in [2.75, 3.05) is 17.2 Å². The van der Waals surface area contributed by atoms with Crippen molar-refractivity contribution in [1.29, 1.82) is 0 Å². The van der Waals surface area contributed by atoms with Crippen LogP contribution < -0.4 is 32.5 Å². The number of carboxylic acid groups (broad SMARTS) is 3. The zero-order valence-corrected chi connectivity index (χ0v) is 18.5. The van der Waals surface area contributed by atoms with Crippen LogP contribution in [0.4, 0.5) is 17.1 Å². The summed E-state index contributed by atoms with van der Waals surface area (Å²) in [6.45, 7) is 0. The zero-order valence-electron chi connectivity index (χ0n) is 17.3. The minimum Gasteiger partial charge on any atom is -0.870 e. The van der Waals surface area contributed by atoms with E-state index < -0.39 is 35.2 Å². The maximum atomic E-state index is 10.9. The smallest absolute Gasteiger partial charge is 0.870 e. The third-order valence-electron chi connectivity index (χ3n) is 3.83. The minimum absolute atomic E-state index is 0. The summed E-state index contributed by atoms with van der Waals surface area (Å²) in [6, 6.07) is 12.1. The molecule has 0 saturated heterocycles. The summed E-state index contributed by atoms with van der Waals surface area (Å²) in [5.41, 5.74) is 14.6. The fourth-order valence-corrected chi connectivity index (χ4v) is 2.17. The maximum absolute atomic E-state index is 10.9. The summed E-state index contributed by atoms with van der Waals surface area (Å²) in [4.78, 5) is 31.0. The van der Waals surface area contributed by atoms with Crippen molar-refractivity contribution < 1.29 is 45.0 Å². The summed E-state index contributed by atoms with van der Waals surface area (Å²) in [6.07, 6.45) is 0. The standard InChI is InChI=1S/3C7H7NO3.Al/c3*8-5-3-1-2-4(6(5)9)7(10)11;/h3*1-3,9H,8H2,(H,10,11);/q;;;+3/p-3. The van der Waals surface area contributed by atoms with E-state index in [1.165, 1.54) is 54.6 Å². The van der Waals surface area contributed by atoms with Gasteiger partial charge in [0, 0.05) is 17.1 Å². The van der Waals surface area contributed by atoms with Crippen molar-refractivity contribution in [3.05, 3.63) is 71.3 Å². The first-order valence-corrected chi connectivity index (χ1v) is 8.74. The minimum atomic E-state index is -1.25. The second-order valence-corrected chi connectivity index (χ2v) is 6.09. The number of benzene rings is 3. The molecule has 0 radical (unpaired) electrons. The van der Waals surface area contributed by atoms with E-state index in [9.17, 15) is 29.7 Å². The Morgan fingerprint density at radius 3 is 0.882 bits per heavy atom. The zero-order chi connectivity index (χ0) is 25.3. The fourth-order valence-electron chi connectivity index (χ4n) is 2.17. The molecular formula is C21H18AlN3O9. The molecular weight excluding hydrogens is 465 g/mol. The van der Waals surface area contributed by atoms with E-state index in [1.54, 1.807) is 0 Å². The summed E-state index contributed by atoms with van der Waals surface area (Å²) in [5.74, 6) is -5.62. The van der Waals surface area contributed by atoms with Gasteiger partial charge in [0.15, 0.2) is 0 Å². The van der Waals surface area contributed by atoms with Crippen LogP contribution >= 0.6 is 0 Å². The Hall–Kier alpha value is -4.60. The van der Waals surface area contributed by atoms with Crippen molar-refractivity contribution in [1.82, 2.24) is 0 Å². The van der Waals surface area contributed by atoms with Crippen molar-refractivity contribution in [2.45, 2.75) is 0 Å². The van der Waals surface area contributed by atoms with Gasteiger partial charge in [-0.15, -0.1) is 0 Å². The van der Waals surface area contributed by atoms with Gasteiger partial charge < -0.3 is 47.8 Å². The van der Waals surface area contributed by atoms with Crippen LogP contribution in [0.1, 0.15) is 31.1 Å². The number of para-hydroxylation sites is 3. The molecule has 0 spiro atoms. The van der Waals surface area contributed by atoms with Crippen LogP contribution in [0, 0.1) is 0 Å². The number of carboxylic acids is 3. The van der Waals surface area contributed by atoms with E-state index in [0.717, 1.165) is 0 Å². The SMILES string of the molecule is Nc1cccc(C(=O)O)c1[O-].Nc1cccc(C(=O)O)c1[O-].Nc1cccc(C(=O)O)c1[O-].[Al+3]. The molecule has 3 rings (SSSR count). The maximum Gasteiger partial charge on any atom is 3.00 e. The molecule has 9 N–H and O–H groups in total. The summed E-state index contributed by atoms with van der Waals surface area (Å²) < 4.78 is 0. The van der Waals surface area contributed by atoms with Crippen molar-refractivity contribution >= 4 is 52.3 Å². The molecule has 0 bridgehead atoms. The summed E-state index contributed by atoms with van der Waals surface area (Å²) in [5, 5.41) is 58.0. The Balaban J connectivity index is 0.000000473. The normalized spacial score (nSPS) is 9.18. The van der Waals surface area contributed by atoms with Crippen LogP contribution in [0.2, 0.25) is 0 Å². The first-order chi connectivity index (χ1) is 15.4. The third kappa shape index (κ3) is 7.83. The second kappa shape index (κ2) is 13.1. The Labute approximate surface area is 203 Å². The summed E-state index contributed by atoms with van der Waals surface area (Å²) in [7, 11) is 0. The molecule has 12 nitrogen and oxygen atoms in total. The second-order valence-electron chi connectivity index (χ2n) is 6.09. The van der Waals surface area contributed by atoms with Gasteiger partial charge in [-0.3, -0.25) is 0 Å². The molecule has 3 aromatic carbocycles. The average Bonchev–Trinajstić information content (AvgIpc) is 2.74. The molecule has 0 saturated carbocycles. The number of anilines is 3. The van der Waals surface area contributed by atoms with Crippen LogP contribution in [0.15, 0.2) is 54.6 Å². The molecule has 0 aliphatic carbocycles. The van der Waals surface area contributed by atoms with Gasteiger partial charge in [-0.25, -0.2) is 14.4 Å². The van der Waals surface area contributed by atoms with Gasteiger partial charge in [0.25, 0.3) is 0 Å². The van der Waals surface area contributed by atoms with Gasteiger partial charge in [0.2, 0.25) is 0 Å². The number of hydrogen-bond donors (Lipinski definition) is 6. The number of nitrogen functional groups attached to an aromatic ring is 3. The van der Waals surface area contributed by atoms with Crippen LogP contribution in [0.25, 0.3) is 0 Å². The molecule has 0 unspecified atom stereocenters. The summed E-state index contributed by atoms with van der Waals surface area (Å²) >= 11 is 0. The van der Waals surface area contributed by atoms with Crippen LogP contribution in [0.3, 0.4) is 0 Å². The number of rotatable bonds is 3. The predicted octanol–water partition coefficient (Wildman–Crippen LogP) is -0.259. The number of aromatic carboxylic acids is 3. The third-order valence-corrected chi connectivity index (χ3v) is 3.83. The van der Waals surface area contributed by atoms with Gasteiger partial charge in [0.05, 0.1) is 16.7 Å². The molecule has 0 heterocycles. The van der Waals surface area contributed by atoms with Crippen molar-refractivity contribution in [2.24, 2.45) is 0 Å². The first-order valence-electron chi connectivity index (χ1n) is 8.74. The van der Waals surface area contributed by atoms with Crippen LogP contribution in [0.5, 0.6) is 17.2 Å². The topological polar surface area (TPSA) is 259 Å². The van der Waals surface area contributed by atoms with E-state index in [2.05, 4.69) is 0 Å². The number of hydrogen-bond acceptors (Lipinski definition) is 9. The van der Waals surface area contributed by atoms with Gasteiger partial charge in [0.1, 0.15) is 0 Å². The molecule has 0 aliphatic heterocycles. The van der Waals surface area contributed by atoms with Crippen molar-refractivity contribution in [3.63, 3.8) is 0 Å². The van der Waals surface area contributed by atoms with Gasteiger partial charge in [-0.2, -0.15) is 0 Å². The largest absolute Gasteiger partial charge is 3.00 e. The predicted molar refractivity (Wildman–Crippen MR) is 118 cm³/mol. The molecule has 0 atom stereocenters.